The Labute approximate surface area is 101 Å². The van der Waals surface area contributed by atoms with E-state index in [4.69, 9.17) is 10.5 Å². The zero-order valence-electron chi connectivity index (χ0n) is 10.8. The number of primary amides is 1. The Kier molecular flexibility index (Phi) is 4.51. The lowest BCUT2D eigenvalue weighted by Crippen LogP contribution is -2.28. The lowest BCUT2D eigenvalue weighted by atomic mass is 10.2. The molecule has 3 N–H and O–H groups in total. The number of hydrogen-bond acceptors (Lipinski definition) is 4. The SMILES string of the molecule is Cc1nn(C)c(OCCNC(C)C)c1C(N)=O. The van der Waals surface area contributed by atoms with Gasteiger partial charge < -0.3 is 15.8 Å². The van der Waals surface area contributed by atoms with Crippen LogP contribution in [0.2, 0.25) is 0 Å². The molecule has 0 aliphatic carbocycles. The van der Waals surface area contributed by atoms with Crippen LogP contribution in [0.15, 0.2) is 0 Å². The van der Waals surface area contributed by atoms with Crippen LogP contribution in [0.5, 0.6) is 5.88 Å². The molecule has 6 nitrogen and oxygen atoms in total. The molecule has 0 atom stereocenters. The summed E-state index contributed by atoms with van der Waals surface area (Å²) in [7, 11) is 1.73. The molecule has 0 spiro atoms. The fourth-order valence-electron chi connectivity index (χ4n) is 1.58. The van der Waals surface area contributed by atoms with Crippen molar-refractivity contribution in [1.29, 1.82) is 0 Å². The highest BCUT2D eigenvalue weighted by Gasteiger charge is 2.19. The van der Waals surface area contributed by atoms with Crippen molar-refractivity contribution in [3.8, 4) is 5.88 Å². The van der Waals surface area contributed by atoms with Crippen LogP contribution in [0.25, 0.3) is 0 Å². The molecule has 0 unspecified atom stereocenters. The van der Waals surface area contributed by atoms with Gasteiger partial charge in [0.25, 0.3) is 5.91 Å². The van der Waals surface area contributed by atoms with Crippen LogP contribution in [0, 0.1) is 6.92 Å². The van der Waals surface area contributed by atoms with Crippen molar-refractivity contribution in [2.75, 3.05) is 13.2 Å². The van der Waals surface area contributed by atoms with Crippen LogP contribution in [0.1, 0.15) is 29.9 Å². The second-order valence-electron chi connectivity index (χ2n) is 4.21. The van der Waals surface area contributed by atoms with Gasteiger partial charge in [-0.15, -0.1) is 0 Å². The Balaban J connectivity index is 2.67. The molecule has 0 bridgehead atoms. The molecule has 1 heterocycles. The fourth-order valence-corrected chi connectivity index (χ4v) is 1.58. The number of nitrogens with one attached hydrogen (secondary N) is 1. The number of aryl methyl sites for hydroxylation is 2. The molecule has 6 heteroatoms. The zero-order chi connectivity index (χ0) is 13.0. The largest absolute Gasteiger partial charge is 0.476 e. The summed E-state index contributed by atoms with van der Waals surface area (Å²) in [4.78, 5) is 11.3. The number of hydrogen-bond donors (Lipinski definition) is 2. The van der Waals surface area contributed by atoms with Crippen LogP contribution in [0.4, 0.5) is 0 Å². The molecule has 1 aromatic rings. The standard InChI is InChI=1S/C11H20N4O2/c1-7(2)13-5-6-17-11-9(10(12)16)8(3)14-15(11)4/h7,13H,5-6H2,1-4H3,(H2,12,16). The van der Waals surface area contributed by atoms with Crippen molar-refractivity contribution in [2.45, 2.75) is 26.8 Å². The van der Waals surface area contributed by atoms with Gasteiger partial charge >= 0.3 is 0 Å². The van der Waals surface area contributed by atoms with Gasteiger partial charge in [-0.25, -0.2) is 4.68 Å². The van der Waals surface area contributed by atoms with Gasteiger partial charge in [-0.2, -0.15) is 5.10 Å². The van der Waals surface area contributed by atoms with E-state index in [9.17, 15) is 4.79 Å². The Bertz CT molecular complexity index is 398. The molecule has 0 radical (unpaired) electrons. The average Bonchev–Trinajstić information content (AvgIpc) is 2.48. The van der Waals surface area contributed by atoms with Crippen LogP contribution >= 0.6 is 0 Å². The minimum Gasteiger partial charge on any atom is -0.476 e. The number of aromatic nitrogens is 2. The maximum atomic E-state index is 11.3. The van der Waals surface area contributed by atoms with Crippen LogP contribution in [-0.4, -0.2) is 34.9 Å². The number of nitrogens with two attached hydrogens (primary N) is 1. The third-order valence-electron chi connectivity index (χ3n) is 2.31. The fraction of sp³-hybridized carbons (Fsp3) is 0.636. The van der Waals surface area contributed by atoms with Crippen molar-refractivity contribution < 1.29 is 9.53 Å². The van der Waals surface area contributed by atoms with E-state index in [-0.39, 0.29) is 0 Å². The summed E-state index contributed by atoms with van der Waals surface area (Å²) >= 11 is 0. The first kappa shape index (κ1) is 13.5. The summed E-state index contributed by atoms with van der Waals surface area (Å²) in [5.41, 5.74) is 6.24. The quantitative estimate of drug-likeness (QED) is 0.696. The molecule has 0 saturated carbocycles. The number of rotatable bonds is 6. The Morgan fingerprint density at radius 3 is 2.76 bits per heavy atom. The van der Waals surface area contributed by atoms with Gasteiger partial charge in [0.05, 0.1) is 5.69 Å². The average molecular weight is 240 g/mol. The first-order chi connectivity index (χ1) is 7.93. The summed E-state index contributed by atoms with van der Waals surface area (Å²) in [6, 6.07) is 0.405. The molecule has 17 heavy (non-hydrogen) atoms. The predicted octanol–water partition coefficient (Wildman–Crippen LogP) is 0.204. The molecule has 0 aliphatic heterocycles. The summed E-state index contributed by atoms with van der Waals surface area (Å²) in [5, 5.41) is 7.34. The Morgan fingerprint density at radius 2 is 2.24 bits per heavy atom. The molecule has 1 rings (SSSR count). The van der Waals surface area contributed by atoms with Crippen LogP contribution < -0.4 is 15.8 Å². The number of amides is 1. The van der Waals surface area contributed by atoms with E-state index in [0.717, 1.165) is 0 Å². The minimum atomic E-state index is -0.512. The lowest BCUT2D eigenvalue weighted by Gasteiger charge is -2.10. The molecule has 96 valence electrons. The van der Waals surface area contributed by atoms with E-state index >= 15 is 0 Å². The highest BCUT2D eigenvalue weighted by atomic mass is 16.5. The van der Waals surface area contributed by atoms with E-state index in [1.165, 1.54) is 4.68 Å². The Hall–Kier alpha value is -1.56. The highest BCUT2D eigenvalue weighted by molar-refractivity contribution is 5.96. The van der Waals surface area contributed by atoms with E-state index in [0.29, 0.717) is 36.3 Å². The van der Waals surface area contributed by atoms with Crippen molar-refractivity contribution in [2.24, 2.45) is 12.8 Å². The number of carbonyl (C=O) groups is 1. The first-order valence-electron chi connectivity index (χ1n) is 5.63. The van der Waals surface area contributed by atoms with Gasteiger partial charge in [-0.1, -0.05) is 13.8 Å². The van der Waals surface area contributed by atoms with E-state index in [1.54, 1.807) is 14.0 Å². The van der Waals surface area contributed by atoms with Crippen molar-refractivity contribution in [3.05, 3.63) is 11.3 Å². The van der Waals surface area contributed by atoms with Crippen molar-refractivity contribution >= 4 is 5.91 Å². The molecular weight excluding hydrogens is 220 g/mol. The van der Waals surface area contributed by atoms with Gasteiger partial charge in [0.2, 0.25) is 5.88 Å². The monoisotopic (exact) mass is 240 g/mol. The maximum absolute atomic E-state index is 11.3. The second kappa shape index (κ2) is 5.67. The molecule has 0 fully saturated rings. The molecule has 1 amide bonds. The summed E-state index contributed by atoms with van der Waals surface area (Å²) < 4.78 is 7.07. The van der Waals surface area contributed by atoms with Gasteiger partial charge in [-0.05, 0) is 6.92 Å². The normalized spacial score (nSPS) is 10.9. The Morgan fingerprint density at radius 1 is 1.59 bits per heavy atom. The van der Waals surface area contributed by atoms with Gasteiger partial charge in [-0.3, -0.25) is 4.79 Å². The van der Waals surface area contributed by atoms with Crippen molar-refractivity contribution in [3.63, 3.8) is 0 Å². The first-order valence-corrected chi connectivity index (χ1v) is 5.63. The van der Waals surface area contributed by atoms with Crippen LogP contribution in [0.3, 0.4) is 0 Å². The van der Waals surface area contributed by atoms with E-state index in [2.05, 4.69) is 24.3 Å². The molecule has 0 aliphatic rings. The molecular formula is C11H20N4O2. The van der Waals surface area contributed by atoms with Gasteiger partial charge in [0, 0.05) is 19.6 Å². The van der Waals surface area contributed by atoms with Gasteiger partial charge in [0.1, 0.15) is 12.2 Å². The molecule has 0 aromatic carbocycles. The molecule has 1 aromatic heterocycles. The van der Waals surface area contributed by atoms with Crippen LogP contribution in [-0.2, 0) is 7.05 Å². The summed E-state index contributed by atoms with van der Waals surface area (Å²) in [5.74, 6) is -0.0806. The third kappa shape index (κ3) is 3.45. The summed E-state index contributed by atoms with van der Waals surface area (Å²) in [6.45, 7) is 7.03. The van der Waals surface area contributed by atoms with E-state index in [1.807, 2.05) is 0 Å². The predicted molar refractivity (Wildman–Crippen MR) is 65.1 cm³/mol. The van der Waals surface area contributed by atoms with E-state index < -0.39 is 5.91 Å². The maximum Gasteiger partial charge on any atom is 0.256 e. The highest BCUT2D eigenvalue weighted by Crippen LogP contribution is 2.20. The molecule has 0 saturated heterocycles. The number of carbonyl (C=O) groups excluding carboxylic acids is 1. The number of ether oxygens (including phenoxy) is 1. The smallest absolute Gasteiger partial charge is 0.256 e. The third-order valence-corrected chi connectivity index (χ3v) is 2.31. The van der Waals surface area contributed by atoms with Gasteiger partial charge in [0.15, 0.2) is 0 Å². The van der Waals surface area contributed by atoms with Crippen molar-refractivity contribution in [1.82, 2.24) is 15.1 Å². The topological polar surface area (TPSA) is 82.2 Å². The summed E-state index contributed by atoms with van der Waals surface area (Å²) in [6.07, 6.45) is 0. The minimum absolute atomic E-state index is 0.358. The number of nitrogens with zero attached hydrogens (tertiary/aromatic N) is 2. The zero-order valence-corrected chi connectivity index (χ0v) is 10.8. The second-order valence-corrected chi connectivity index (χ2v) is 4.21. The lowest BCUT2D eigenvalue weighted by molar-refractivity contribution is 0.0995.